The molecule has 6 nitrogen and oxygen atoms in total. The number of Topliss-reactive ketones (excluding diaryl/α,β-unsaturated/α-hetero) is 1. The van der Waals surface area contributed by atoms with Gasteiger partial charge in [0.1, 0.15) is 0 Å². The molecule has 1 amide bonds. The van der Waals surface area contributed by atoms with E-state index in [9.17, 15) is 9.59 Å². The highest BCUT2D eigenvalue weighted by Gasteiger charge is 2.21. The van der Waals surface area contributed by atoms with Crippen LogP contribution in [0.1, 0.15) is 32.2 Å². The van der Waals surface area contributed by atoms with Gasteiger partial charge in [-0.1, -0.05) is 25.6 Å². The van der Waals surface area contributed by atoms with Crippen molar-refractivity contribution in [2.24, 2.45) is 5.92 Å². The van der Waals surface area contributed by atoms with E-state index in [1.807, 2.05) is 27.7 Å². The van der Waals surface area contributed by atoms with Crippen molar-refractivity contribution in [1.29, 1.82) is 0 Å². The predicted molar refractivity (Wildman–Crippen MR) is 91.8 cm³/mol. The maximum absolute atomic E-state index is 12.1. The first-order valence-electron chi connectivity index (χ1n) is 7.73. The van der Waals surface area contributed by atoms with E-state index in [2.05, 4.69) is 14.9 Å². The van der Waals surface area contributed by atoms with Crippen LogP contribution in [0.5, 0.6) is 0 Å². The minimum atomic E-state index is -0.431. The van der Waals surface area contributed by atoms with Crippen LogP contribution in [0, 0.1) is 19.8 Å². The summed E-state index contributed by atoms with van der Waals surface area (Å²) >= 11 is 1.38. The topological polar surface area (TPSA) is 73.2 Å². The third-order valence-corrected chi connectivity index (χ3v) is 4.67. The average Bonchev–Trinajstić information content (AvgIpc) is 2.74. The molecule has 1 unspecified atom stereocenters. The van der Waals surface area contributed by atoms with E-state index in [1.54, 1.807) is 7.11 Å². The molecule has 0 bridgehead atoms. The lowest BCUT2D eigenvalue weighted by Gasteiger charge is -2.19. The fourth-order valence-electron chi connectivity index (χ4n) is 2.26. The first-order valence-corrected chi connectivity index (χ1v) is 8.71. The summed E-state index contributed by atoms with van der Waals surface area (Å²) in [5.41, 5.74) is 2.03. The van der Waals surface area contributed by atoms with Crippen molar-refractivity contribution < 1.29 is 14.3 Å². The number of ketones is 1. The van der Waals surface area contributed by atoms with Gasteiger partial charge in [-0.25, -0.2) is 4.98 Å². The molecule has 23 heavy (non-hydrogen) atoms. The Morgan fingerprint density at radius 2 is 2.00 bits per heavy atom. The zero-order valence-electron chi connectivity index (χ0n) is 14.8. The molecule has 1 atom stereocenters. The number of aryl methyl sites for hydroxylation is 1. The highest BCUT2D eigenvalue weighted by Crippen LogP contribution is 2.21. The lowest BCUT2D eigenvalue weighted by molar-refractivity contribution is -0.126. The number of nitrogens with one attached hydrogen (secondary N) is 1. The van der Waals surface area contributed by atoms with E-state index in [1.165, 1.54) is 18.7 Å². The average molecular weight is 341 g/mol. The molecular weight excluding hydrogens is 314 g/mol. The normalized spacial score (nSPS) is 12.5. The van der Waals surface area contributed by atoms with Crippen LogP contribution < -0.4 is 5.32 Å². The van der Waals surface area contributed by atoms with Crippen LogP contribution >= 0.6 is 11.8 Å². The Hall–Kier alpha value is -1.34. The number of hydrogen-bond donors (Lipinski definition) is 1. The second kappa shape index (κ2) is 9.08. The van der Waals surface area contributed by atoms with Gasteiger partial charge in [0.15, 0.2) is 10.9 Å². The van der Waals surface area contributed by atoms with Gasteiger partial charge < -0.3 is 14.6 Å². The number of rotatable bonds is 9. The number of nitrogens with zero attached hydrogens (tertiary/aromatic N) is 2. The van der Waals surface area contributed by atoms with Gasteiger partial charge in [0, 0.05) is 19.3 Å². The summed E-state index contributed by atoms with van der Waals surface area (Å²) < 4.78 is 7.18. The van der Waals surface area contributed by atoms with Gasteiger partial charge in [0.2, 0.25) is 5.91 Å². The quantitative estimate of drug-likeness (QED) is 0.695. The summed E-state index contributed by atoms with van der Waals surface area (Å²) in [5.74, 6) is 0.140. The summed E-state index contributed by atoms with van der Waals surface area (Å²) in [6.45, 7) is 10.6. The van der Waals surface area contributed by atoms with Crippen molar-refractivity contribution in [2.45, 2.75) is 52.4 Å². The van der Waals surface area contributed by atoms with Gasteiger partial charge in [0.25, 0.3) is 0 Å². The Morgan fingerprint density at radius 3 is 2.52 bits per heavy atom. The van der Waals surface area contributed by atoms with E-state index in [-0.39, 0.29) is 23.4 Å². The molecule has 0 aliphatic rings. The van der Waals surface area contributed by atoms with Gasteiger partial charge in [-0.2, -0.15) is 0 Å². The Labute approximate surface area is 142 Å². The fraction of sp³-hybridized carbons (Fsp3) is 0.688. The molecule has 1 aromatic heterocycles. The Morgan fingerprint density at radius 1 is 1.35 bits per heavy atom. The van der Waals surface area contributed by atoms with Gasteiger partial charge in [-0.3, -0.25) is 9.59 Å². The van der Waals surface area contributed by atoms with Gasteiger partial charge >= 0.3 is 0 Å². The van der Waals surface area contributed by atoms with Crippen LogP contribution in [-0.2, 0) is 20.9 Å². The zero-order valence-corrected chi connectivity index (χ0v) is 15.6. The van der Waals surface area contributed by atoms with E-state index in [4.69, 9.17) is 4.74 Å². The van der Waals surface area contributed by atoms with E-state index in [0.717, 1.165) is 16.5 Å². The summed E-state index contributed by atoms with van der Waals surface area (Å²) in [5, 5.41) is 3.60. The molecule has 0 aromatic carbocycles. The number of aromatic nitrogens is 2. The summed E-state index contributed by atoms with van der Waals surface area (Å²) in [6.07, 6.45) is 0. The SMILES string of the molecule is COCCn1c(SCC(=O)NC(C(C)=O)C(C)C)nc(C)c1C. The second-order valence-corrected chi connectivity index (χ2v) is 6.84. The van der Waals surface area contributed by atoms with Crippen molar-refractivity contribution in [3.63, 3.8) is 0 Å². The Bertz CT molecular complexity index is 555. The highest BCUT2D eigenvalue weighted by atomic mass is 32.2. The Balaban J connectivity index is 2.69. The largest absolute Gasteiger partial charge is 0.383 e. The third-order valence-electron chi connectivity index (χ3n) is 3.70. The molecule has 0 aliphatic carbocycles. The predicted octanol–water partition coefficient (Wildman–Crippen LogP) is 1.97. The van der Waals surface area contributed by atoms with Crippen LogP contribution in [0.2, 0.25) is 0 Å². The van der Waals surface area contributed by atoms with Gasteiger partial charge in [0.05, 0.1) is 24.1 Å². The standard InChI is InChI=1S/C16H27N3O3S/c1-10(2)15(13(5)20)18-14(21)9-23-16-17-11(3)12(4)19(16)7-8-22-6/h10,15H,7-9H2,1-6H3,(H,18,21). The molecule has 130 valence electrons. The first kappa shape index (κ1) is 19.7. The van der Waals surface area contributed by atoms with E-state index in [0.29, 0.717) is 13.2 Å². The minimum Gasteiger partial charge on any atom is -0.383 e. The molecule has 1 aromatic rings. The molecule has 0 saturated heterocycles. The number of carbonyl (C=O) groups excluding carboxylic acids is 2. The van der Waals surface area contributed by atoms with Crippen molar-refractivity contribution in [2.75, 3.05) is 19.5 Å². The maximum atomic E-state index is 12.1. The van der Waals surface area contributed by atoms with Crippen LogP contribution in [-0.4, -0.2) is 46.8 Å². The molecule has 1 rings (SSSR count). The Kier molecular flexibility index (Phi) is 7.78. The highest BCUT2D eigenvalue weighted by molar-refractivity contribution is 7.99. The molecule has 0 saturated carbocycles. The molecule has 1 heterocycles. The minimum absolute atomic E-state index is 0.0216. The number of methoxy groups -OCH3 is 1. The smallest absolute Gasteiger partial charge is 0.231 e. The second-order valence-electron chi connectivity index (χ2n) is 5.90. The third kappa shape index (κ3) is 5.66. The zero-order chi connectivity index (χ0) is 17.6. The summed E-state index contributed by atoms with van der Waals surface area (Å²) in [4.78, 5) is 28.2. The molecule has 7 heteroatoms. The van der Waals surface area contributed by atoms with Crippen molar-refractivity contribution in [1.82, 2.24) is 14.9 Å². The monoisotopic (exact) mass is 341 g/mol. The summed E-state index contributed by atoms with van der Waals surface area (Å²) in [7, 11) is 1.66. The molecule has 0 radical (unpaired) electrons. The van der Waals surface area contributed by atoms with Gasteiger partial charge in [-0.15, -0.1) is 0 Å². The molecule has 0 spiro atoms. The molecule has 0 fully saturated rings. The number of imidazole rings is 1. The van der Waals surface area contributed by atoms with Crippen molar-refractivity contribution in [3.05, 3.63) is 11.4 Å². The van der Waals surface area contributed by atoms with Crippen LogP contribution in [0.3, 0.4) is 0 Å². The number of hydrogen-bond acceptors (Lipinski definition) is 5. The lowest BCUT2D eigenvalue weighted by atomic mass is 10.0. The number of thioether (sulfide) groups is 1. The number of ether oxygens (including phenoxy) is 1. The van der Waals surface area contributed by atoms with Crippen molar-refractivity contribution >= 4 is 23.5 Å². The van der Waals surface area contributed by atoms with E-state index < -0.39 is 6.04 Å². The fourth-order valence-corrected chi connectivity index (χ4v) is 3.19. The van der Waals surface area contributed by atoms with Gasteiger partial charge in [-0.05, 0) is 26.7 Å². The maximum Gasteiger partial charge on any atom is 0.231 e. The molecule has 0 aliphatic heterocycles. The number of carbonyl (C=O) groups is 2. The lowest BCUT2D eigenvalue weighted by Crippen LogP contribution is -2.44. The van der Waals surface area contributed by atoms with Crippen LogP contribution in [0.15, 0.2) is 5.16 Å². The number of amides is 1. The van der Waals surface area contributed by atoms with E-state index >= 15 is 0 Å². The van der Waals surface area contributed by atoms with Crippen molar-refractivity contribution in [3.8, 4) is 0 Å². The molecular formula is C16H27N3O3S. The van der Waals surface area contributed by atoms with Crippen LogP contribution in [0.4, 0.5) is 0 Å². The molecule has 1 N–H and O–H groups in total. The first-order chi connectivity index (χ1) is 10.8. The summed E-state index contributed by atoms with van der Waals surface area (Å²) in [6, 6.07) is -0.431. The van der Waals surface area contributed by atoms with Crippen LogP contribution in [0.25, 0.3) is 0 Å².